The van der Waals surface area contributed by atoms with Crippen LogP contribution < -0.4 is 5.73 Å². The molecule has 17 heavy (non-hydrogen) atoms. The number of thioether (sulfide) groups is 1. The van der Waals surface area contributed by atoms with E-state index in [-0.39, 0.29) is 5.56 Å². The molecule has 3 nitrogen and oxygen atoms in total. The van der Waals surface area contributed by atoms with Gasteiger partial charge < -0.3 is 10.2 Å². The topological polar surface area (TPSA) is 52.0 Å². The standard InChI is InChI=1S/C11H10F2N2OS/c12-7-1-2-8(9(13)5-7)10(14)6-17-11-15-3-4-16-11/h1-5,10H,6,14H2. The monoisotopic (exact) mass is 256 g/mol. The van der Waals surface area contributed by atoms with Crippen molar-refractivity contribution in [3.63, 3.8) is 0 Å². The fraction of sp³-hybridized carbons (Fsp3) is 0.182. The van der Waals surface area contributed by atoms with Crippen LogP contribution in [-0.4, -0.2) is 10.7 Å². The molecule has 0 aliphatic carbocycles. The van der Waals surface area contributed by atoms with Gasteiger partial charge in [0, 0.05) is 23.4 Å². The van der Waals surface area contributed by atoms with E-state index >= 15 is 0 Å². The third-order valence-corrected chi connectivity index (χ3v) is 3.13. The molecule has 1 heterocycles. The fourth-order valence-electron chi connectivity index (χ4n) is 1.33. The Bertz CT molecular complexity index is 490. The van der Waals surface area contributed by atoms with Gasteiger partial charge in [-0.3, -0.25) is 0 Å². The van der Waals surface area contributed by atoms with Gasteiger partial charge in [-0.15, -0.1) is 0 Å². The first-order valence-corrected chi connectivity index (χ1v) is 5.88. The quantitative estimate of drug-likeness (QED) is 0.854. The average molecular weight is 256 g/mol. The number of hydrogen-bond donors (Lipinski definition) is 1. The van der Waals surface area contributed by atoms with E-state index in [1.54, 1.807) is 0 Å². The van der Waals surface area contributed by atoms with Crippen LogP contribution in [0.25, 0.3) is 0 Å². The lowest BCUT2D eigenvalue weighted by molar-refractivity contribution is 0.453. The third kappa shape index (κ3) is 3.04. The maximum atomic E-state index is 13.4. The van der Waals surface area contributed by atoms with Gasteiger partial charge in [-0.05, 0) is 6.07 Å². The Hall–Kier alpha value is -1.40. The van der Waals surface area contributed by atoms with E-state index in [1.165, 1.54) is 36.4 Å². The maximum absolute atomic E-state index is 13.4. The number of oxazole rings is 1. The third-order valence-electron chi connectivity index (χ3n) is 2.16. The Morgan fingerprint density at radius 1 is 1.41 bits per heavy atom. The molecule has 0 bridgehead atoms. The highest BCUT2D eigenvalue weighted by atomic mass is 32.2. The second-order valence-electron chi connectivity index (χ2n) is 3.38. The number of hydrogen-bond acceptors (Lipinski definition) is 4. The molecule has 0 amide bonds. The summed E-state index contributed by atoms with van der Waals surface area (Å²) < 4.78 is 31.1. The summed E-state index contributed by atoms with van der Waals surface area (Å²) in [6.45, 7) is 0. The van der Waals surface area contributed by atoms with Crippen molar-refractivity contribution >= 4 is 11.8 Å². The minimum atomic E-state index is -0.634. The van der Waals surface area contributed by atoms with Crippen molar-refractivity contribution in [2.45, 2.75) is 11.3 Å². The molecule has 0 fully saturated rings. The Morgan fingerprint density at radius 2 is 2.24 bits per heavy atom. The number of nitrogens with two attached hydrogens (primary N) is 1. The zero-order valence-corrected chi connectivity index (χ0v) is 9.58. The molecule has 0 saturated heterocycles. The fourth-order valence-corrected chi connectivity index (χ4v) is 2.10. The van der Waals surface area contributed by atoms with Crippen molar-refractivity contribution < 1.29 is 13.2 Å². The molecule has 0 saturated carbocycles. The predicted molar refractivity (Wildman–Crippen MR) is 60.5 cm³/mol. The number of halogens is 2. The van der Waals surface area contributed by atoms with Crippen LogP contribution in [0.4, 0.5) is 8.78 Å². The van der Waals surface area contributed by atoms with Crippen LogP contribution in [0.5, 0.6) is 0 Å². The Labute approximate surface area is 101 Å². The van der Waals surface area contributed by atoms with Crippen molar-refractivity contribution in [1.82, 2.24) is 4.98 Å². The van der Waals surface area contributed by atoms with Crippen LogP contribution >= 0.6 is 11.8 Å². The van der Waals surface area contributed by atoms with E-state index < -0.39 is 17.7 Å². The predicted octanol–water partition coefficient (Wildman–Crippen LogP) is 2.74. The van der Waals surface area contributed by atoms with E-state index in [0.29, 0.717) is 11.0 Å². The first kappa shape index (κ1) is 12.1. The summed E-state index contributed by atoms with van der Waals surface area (Å²) in [6.07, 6.45) is 2.97. The van der Waals surface area contributed by atoms with Gasteiger partial charge in [0.2, 0.25) is 0 Å². The highest BCUT2D eigenvalue weighted by molar-refractivity contribution is 7.99. The van der Waals surface area contributed by atoms with Crippen LogP contribution in [0.15, 0.2) is 40.3 Å². The zero-order valence-electron chi connectivity index (χ0n) is 8.77. The van der Waals surface area contributed by atoms with Crippen molar-refractivity contribution in [2.24, 2.45) is 5.73 Å². The van der Waals surface area contributed by atoms with E-state index in [9.17, 15) is 8.78 Å². The molecule has 1 unspecified atom stereocenters. The number of nitrogens with zero attached hydrogens (tertiary/aromatic N) is 1. The summed E-state index contributed by atoms with van der Waals surface area (Å²) >= 11 is 1.28. The Morgan fingerprint density at radius 3 is 2.88 bits per heavy atom. The molecule has 0 aliphatic heterocycles. The van der Waals surface area contributed by atoms with E-state index in [0.717, 1.165) is 6.07 Å². The normalized spacial score (nSPS) is 12.6. The van der Waals surface area contributed by atoms with Crippen molar-refractivity contribution in [2.75, 3.05) is 5.75 Å². The van der Waals surface area contributed by atoms with E-state index in [4.69, 9.17) is 10.2 Å². The lowest BCUT2D eigenvalue weighted by Gasteiger charge is -2.11. The van der Waals surface area contributed by atoms with Crippen LogP contribution in [0.3, 0.4) is 0 Å². The smallest absolute Gasteiger partial charge is 0.255 e. The van der Waals surface area contributed by atoms with E-state index in [2.05, 4.69) is 4.98 Å². The SMILES string of the molecule is NC(CSc1ncco1)c1ccc(F)cc1F. The van der Waals surface area contributed by atoms with E-state index in [1.807, 2.05) is 0 Å². The van der Waals surface area contributed by atoms with Crippen molar-refractivity contribution in [3.05, 3.63) is 47.9 Å². The molecule has 2 aromatic rings. The van der Waals surface area contributed by atoms with Crippen LogP contribution in [-0.2, 0) is 0 Å². The zero-order chi connectivity index (χ0) is 12.3. The van der Waals surface area contributed by atoms with Crippen molar-refractivity contribution in [3.8, 4) is 0 Å². The largest absolute Gasteiger partial charge is 0.440 e. The number of benzene rings is 1. The van der Waals surface area contributed by atoms with Crippen molar-refractivity contribution in [1.29, 1.82) is 0 Å². The summed E-state index contributed by atoms with van der Waals surface area (Å²) in [4.78, 5) is 3.91. The maximum Gasteiger partial charge on any atom is 0.255 e. The molecule has 2 rings (SSSR count). The molecule has 1 aromatic carbocycles. The van der Waals surface area contributed by atoms with Crippen LogP contribution in [0.2, 0.25) is 0 Å². The summed E-state index contributed by atoms with van der Waals surface area (Å²) in [5.74, 6) is -0.840. The molecule has 0 radical (unpaired) electrons. The lowest BCUT2D eigenvalue weighted by Crippen LogP contribution is -2.14. The first-order valence-electron chi connectivity index (χ1n) is 4.89. The van der Waals surface area contributed by atoms with Gasteiger partial charge in [-0.2, -0.15) is 0 Å². The molecular weight excluding hydrogens is 246 g/mol. The van der Waals surface area contributed by atoms with Gasteiger partial charge in [0.05, 0.1) is 6.20 Å². The minimum absolute atomic E-state index is 0.283. The van der Waals surface area contributed by atoms with Gasteiger partial charge in [0.15, 0.2) is 0 Å². The van der Waals surface area contributed by atoms with Crippen LogP contribution in [0, 0.1) is 11.6 Å². The van der Waals surface area contributed by atoms with Crippen LogP contribution in [0.1, 0.15) is 11.6 Å². The summed E-state index contributed by atoms with van der Waals surface area (Å²) in [6, 6.07) is 2.83. The lowest BCUT2D eigenvalue weighted by atomic mass is 10.1. The Balaban J connectivity index is 2.01. The number of rotatable bonds is 4. The first-order chi connectivity index (χ1) is 8.16. The summed E-state index contributed by atoms with van der Waals surface area (Å²) in [5, 5.41) is 0.475. The highest BCUT2D eigenvalue weighted by Crippen LogP contribution is 2.23. The molecule has 1 atom stereocenters. The molecule has 0 aliphatic rings. The van der Waals surface area contributed by atoms with Gasteiger partial charge in [0.1, 0.15) is 17.9 Å². The minimum Gasteiger partial charge on any atom is -0.440 e. The summed E-state index contributed by atoms with van der Waals surface area (Å²) in [5.41, 5.74) is 6.09. The molecule has 2 N–H and O–H groups in total. The number of aromatic nitrogens is 1. The molecule has 6 heteroatoms. The van der Waals surface area contributed by atoms with Gasteiger partial charge in [-0.25, -0.2) is 13.8 Å². The van der Waals surface area contributed by atoms with Gasteiger partial charge in [0.25, 0.3) is 5.22 Å². The molecule has 1 aromatic heterocycles. The van der Waals surface area contributed by atoms with Gasteiger partial charge >= 0.3 is 0 Å². The summed E-state index contributed by atoms with van der Waals surface area (Å²) in [7, 11) is 0. The second-order valence-corrected chi connectivity index (χ2v) is 4.35. The molecule has 0 spiro atoms. The molecule has 90 valence electrons. The Kier molecular flexibility index (Phi) is 3.75. The second kappa shape index (κ2) is 5.29. The highest BCUT2D eigenvalue weighted by Gasteiger charge is 2.13. The van der Waals surface area contributed by atoms with Gasteiger partial charge in [-0.1, -0.05) is 17.8 Å². The molecular formula is C11H10F2N2OS. The average Bonchev–Trinajstić information content (AvgIpc) is 2.78.